The molecule has 1 heterocycles. The van der Waals surface area contributed by atoms with Crippen molar-refractivity contribution in [3.8, 4) is 11.5 Å². The molecule has 0 unspecified atom stereocenters. The van der Waals surface area contributed by atoms with Gasteiger partial charge in [0.1, 0.15) is 16.5 Å². The van der Waals surface area contributed by atoms with Gasteiger partial charge in [-0.3, -0.25) is 0 Å². The molecule has 0 aliphatic rings. The lowest BCUT2D eigenvalue weighted by molar-refractivity contribution is 0.404. The first-order valence-electron chi connectivity index (χ1n) is 6.03. The zero-order valence-electron chi connectivity index (χ0n) is 11.6. The number of thiazole rings is 1. The molecule has 4 nitrogen and oxygen atoms in total. The van der Waals surface area contributed by atoms with Gasteiger partial charge in [0.15, 0.2) is 0 Å². The summed E-state index contributed by atoms with van der Waals surface area (Å²) < 4.78 is 10.5. The van der Waals surface area contributed by atoms with Crippen LogP contribution in [0, 0.1) is 13.8 Å². The van der Waals surface area contributed by atoms with Crippen molar-refractivity contribution in [2.45, 2.75) is 20.4 Å². The number of rotatable bonds is 5. The normalized spacial score (nSPS) is 10.3. The van der Waals surface area contributed by atoms with Crippen LogP contribution in [0.2, 0.25) is 0 Å². The number of hydrogen-bond donors (Lipinski definition) is 1. The molecule has 0 amide bonds. The minimum atomic E-state index is 0.683. The predicted molar refractivity (Wildman–Crippen MR) is 78.5 cm³/mol. The SMILES string of the molecule is COc1ccc(OC)c(NCc2nc(C)c(C)s2)c1. The zero-order valence-corrected chi connectivity index (χ0v) is 12.4. The van der Waals surface area contributed by atoms with Crippen molar-refractivity contribution >= 4 is 17.0 Å². The Bertz CT molecular complexity index is 547. The first-order chi connectivity index (χ1) is 9.13. The molecule has 1 N–H and O–H groups in total. The molecule has 19 heavy (non-hydrogen) atoms. The number of methoxy groups -OCH3 is 2. The van der Waals surface area contributed by atoms with Crippen LogP contribution in [-0.4, -0.2) is 19.2 Å². The zero-order chi connectivity index (χ0) is 13.8. The molecule has 0 saturated carbocycles. The first kappa shape index (κ1) is 13.7. The van der Waals surface area contributed by atoms with Gasteiger partial charge in [-0.2, -0.15) is 0 Å². The number of anilines is 1. The number of aromatic nitrogens is 1. The van der Waals surface area contributed by atoms with E-state index in [1.807, 2.05) is 25.1 Å². The molecule has 5 heteroatoms. The van der Waals surface area contributed by atoms with E-state index in [9.17, 15) is 0 Å². The van der Waals surface area contributed by atoms with Crippen LogP contribution in [0.4, 0.5) is 5.69 Å². The molecule has 0 aliphatic carbocycles. The number of aryl methyl sites for hydroxylation is 2. The second kappa shape index (κ2) is 5.93. The van der Waals surface area contributed by atoms with Crippen LogP contribution in [0.5, 0.6) is 11.5 Å². The van der Waals surface area contributed by atoms with Gasteiger partial charge in [-0.05, 0) is 26.0 Å². The van der Waals surface area contributed by atoms with Gasteiger partial charge in [0.05, 0.1) is 32.1 Å². The standard InChI is InChI=1S/C14H18N2O2S/c1-9-10(2)19-14(16-9)8-15-12-7-11(17-3)5-6-13(12)18-4/h5-7,15H,8H2,1-4H3. The van der Waals surface area contributed by atoms with Crippen LogP contribution in [0.3, 0.4) is 0 Å². The molecule has 0 fully saturated rings. The third-order valence-electron chi connectivity index (χ3n) is 2.91. The molecule has 0 atom stereocenters. The van der Waals surface area contributed by atoms with E-state index >= 15 is 0 Å². The van der Waals surface area contributed by atoms with Gasteiger partial charge in [0, 0.05) is 10.9 Å². The smallest absolute Gasteiger partial charge is 0.142 e. The molecule has 2 aromatic rings. The molecule has 1 aromatic carbocycles. The molecular formula is C14H18N2O2S. The fourth-order valence-electron chi connectivity index (χ4n) is 1.74. The maximum absolute atomic E-state index is 5.33. The second-order valence-corrected chi connectivity index (χ2v) is 5.46. The van der Waals surface area contributed by atoms with E-state index < -0.39 is 0 Å². The fraction of sp³-hybridized carbons (Fsp3) is 0.357. The molecular weight excluding hydrogens is 260 g/mol. The molecule has 0 saturated heterocycles. The highest BCUT2D eigenvalue weighted by molar-refractivity contribution is 7.11. The van der Waals surface area contributed by atoms with E-state index in [1.165, 1.54) is 4.88 Å². The minimum absolute atomic E-state index is 0.683. The summed E-state index contributed by atoms with van der Waals surface area (Å²) >= 11 is 1.71. The van der Waals surface area contributed by atoms with Crippen molar-refractivity contribution in [2.75, 3.05) is 19.5 Å². The van der Waals surface area contributed by atoms with E-state index in [4.69, 9.17) is 9.47 Å². The summed E-state index contributed by atoms with van der Waals surface area (Å²) in [5.41, 5.74) is 2.01. The van der Waals surface area contributed by atoms with Crippen LogP contribution in [0.15, 0.2) is 18.2 Å². The van der Waals surface area contributed by atoms with Crippen LogP contribution in [0.25, 0.3) is 0 Å². The van der Waals surface area contributed by atoms with E-state index in [2.05, 4.69) is 17.2 Å². The highest BCUT2D eigenvalue weighted by Gasteiger charge is 2.07. The number of ether oxygens (including phenoxy) is 2. The van der Waals surface area contributed by atoms with Crippen molar-refractivity contribution in [3.63, 3.8) is 0 Å². The Labute approximate surface area is 117 Å². The van der Waals surface area contributed by atoms with Crippen molar-refractivity contribution in [3.05, 3.63) is 33.8 Å². The molecule has 0 aliphatic heterocycles. The van der Waals surface area contributed by atoms with Crippen LogP contribution >= 0.6 is 11.3 Å². The summed E-state index contributed by atoms with van der Waals surface area (Å²) in [4.78, 5) is 5.77. The maximum Gasteiger partial charge on any atom is 0.142 e. The van der Waals surface area contributed by atoms with Crippen LogP contribution in [0.1, 0.15) is 15.6 Å². The Morgan fingerprint density at radius 3 is 2.58 bits per heavy atom. The maximum atomic E-state index is 5.33. The Kier molecular flexibility index (Phi) is 4.27. The molecule has 2 rings (SSSR count). The lowest BCUT2D eigenvalue weighted by atomic mass is 10.2. The van der Waals surface area contributed by atoms with Crippen LogP contribution < -0.4 is 14.8 Å². The Hall–Kier alpha value is -1.75. The van der Waals surface area contributed by atoms with Crippen molar-refractivity contribution in [1.29, 1.82) is 0 Å². The molecule has 102 valence electrons. The molecule has 1 aromatic heterocycles. The highest BCUT2D eigenvalue weighted by atomic mass is 32.1. The van der Waals surface area contributed by atoms with Gasteiger partial charge in [0.25, 0.3) is 0 Å². The van der Waals surface area contributed by atoms with Crippen molar-refractivity contribution < 1.29 is 9.47 Å². The summed E-state index contributed by atoms with van der Waals surface area (Å²) in [6.45, 7) is 4.80. The topological polar surface area (TPSA) is 43.4 Å². The van der Waals surface area contributed by atoms with E-state index in [0.717, 1.165) is 27.9 Å². The van der Waals surface area contributed by atoms with Crippen molar-refractivity contribution in [1.82, 2.24) is 4.98 Å². The van der Waals surface area contributed by atoms with Crippen LogP contribution in [-0.2, 0) is 6.54 Å². The van der Waals surface area contributed by atoms with Gasteiger partial charge < -0.3 is 14.8 Å². The van der Waals surface area contributed by atoms with E-state index in [-0.39, 0.29) is 0 Å². The lowest BCUT2D eigenvalue weighted by Crippen LogP contribution is -2.01. The summed E-state index contributed by atoms with van der Waals surface area (Å²) in [7, 11) is 3.31. The fourth-order valence-corrected chi connectivity index (χ4v) is 2.61. The number of nitrogens with one attached hydrogen (secondary N) is 1. The summed E-state index contributed by atoms with van der Waals surface area (Å²) in [6, 6.07) is 5.69. The average Bonchev–Trinajstić information content (AvgIpc) is 2.75. The van der Waals surface area contributed by atoms with Gasteiger partial charge in [0.2, 0.25) is 0 Å². The van der Waals surface area contributed by atoms with Crippen molar-refractivity contribution in [2.24, 2.45) is 0 Å². The largest absolute Gasteiger partial charge is 0.497 e. The molecule has 0 radical (unpaired) electrons. The monoisotopic (exact) mass is 278 g/mol. The molecule has 0 spiro atoms. The van der Waals surface area contributed by atoms with Gasteiger partial charge in [-0.15, -0.1) is 11.3 Å². The minimum Gasteiger partial charge on any atom is -0.497 e. The Morgan fingerprint density at radius 1 is 1.21 bits per heavy atom. The summed E-state index contributed by atoms with van der Waals surface area (Å²) in [5.74, 6) is 1.60. The highest BCUT2D eigenvalue weighted by Crippen LogP contribution is 2.29. The number of hydrogen-bond acceptors (Lipinski definition) is 5. The number of benzene rings is 1. The second-order valence-electron chi connectivity index (χ2n) is 4.17. The quantitative estimate of drug-likeness (QED) is 0.910. The van der Waals surface area contributed by atoms with Gasteiger partial charge >= 0.3 is 0 Å². The predicted octanol–water partition coefficient (Wildman–Crippen LogP) is 3.39. The Balaban J connectivity index is 2.13. The number of nitrogens with zero attached hydrogens (tertiary/aromatic N) is 1. The molecule has 0 bridgehead atoms. The van der Waals surface area contributed by atoms with Gasteiger partial charge in [-0.25, -0.2) is 4.98 Å². The summed E-state index contributed by atoms with van der Waals surface area (Å²) in [5, 5.41) is 4.41. The summed E-state index contributed by atoms with van der Waals surface area (Å²) in [6.07, 6.45) is 0. The van der Waals surface area contributed by atoms with E-state index in [0.29, 0.717) is 6.54 Å². The third-order valence-corrected chi connectivity index (χ3v) is 3.98. The average molecular weight is 278 g/mol. The van der Waals surface area contributed by atoms with E-state index in [1.54, 1.807) is 25.6 Å². The first-order valence-corrected chi connectivity index (χ1v) is 6.84. The van der Waals surface area contributed by atoms with Gasteiger partial charge in [-0.1, -0.05) is 0 Å². The third kappa shape index (κ3) is 3.17. The lowest BCUT2D eigenvalue weighted by Gasteiger charge is -2.11. The Morgan fingerprint density at radius 2 is 2.00 bits per heavy atom.